The molecule has 144 valence electrons. The van der Waals surface area contributed by atoms with E-state index in [-0.39, 0.29) is 10.0 Å². The van der Waals surface area contributed by atoms with E-state index in [2.05, 4.69) is 15.5 Å². The highest BCUT2D eigenvalue weighted by atomic mass is 32.2. The Hall–Kier alpha value is -1.85. The summed E-state index contributed by atoms with van der Waals surface area (Å²) >= 11 is 1.05. The smallest absolute Gasteiger partial charge is 0.316 e. The van der Waals surface area contributed by atoms with Gasteiger partial charge in [0.15, 0.2) is 0 Å². The molecular formula is C15H23N5O4S2. The van der Waals surface area contributed by atoms with Crippen LogP contribution in [0.25, 0.3) is 10.7 Å². The summed E-state index contributed by atoms with van der Waals surface area (Å²) in [6.07, 6.45) is 3.47. The van der Waals surface area contributed by atoms with Crippen LogP contribution in [-0.4, -0.2) is 52.2 Å². The minimum absolute atomic E-state index is 0.181. The van der Waals surface area contributed by atoms with E-state index in [0.29, 0.717) is 18.0 Å². The lowest BCUT2D eigenvalue weighted by Crippen LogP contribution is -2.32. The van der Waals surface area contributed by atoms with Crippen molar-refractivity contribution in [3.8, 4) is 10.7 Å². The SMILES string of the molecule is CCCCN(CCCC)S(=O)(=O)c1ccc(-c2nnnn2OC(C)=O)s1. The number of tetrazole rings is 1. The van der Waals surface area contributed by atoms with Gasteiger partial charge in [0.25, 0.3) is 10.0 Å². The first-order valence-corrected chi connectivity index (χ1v) is 10.7. The molecule has 9 nitrogen and oxygen atoms in total. The van der Waals surface area contributed by atoms with Crippen LogP contribution in [0.5, 0.6) is 0 Å². The van der Waals surface area contributed by atoms with Crippen LogP contribution in [0.4, 0.5) is 0 Å². The summed E-state index contributed by atoms with van der Waals surface area (Å²) in [6.45, 7) is 6.29. The number of carbonyl (C=O) groups is 1. The standard InChI is InChI=1S/C15H23N5O4S2/c1-4-6-10-19(11-7-5-2)26(22,23)14-9-8-13(25-14)15-16-17-18-20(15)24-12(3)21/h8-9H,4-7,10-11H2,1-3H3. The molecule has 0 aromatic carbocycles. The number of thiophene rings is 1. The van der Waals surface area contributed by atoms with Gasteiger partial charge in [0.2, 0.25) is 5.82 Å². The third-order valence-electron chi connectivity index (χ3n) is 3.57. The first-order chi connectivity index (χ1) is 12.4. The zero-order chi connectivity index (χ0) is 19.2. The van der Waals surface area contributed by atoms with Gasteiger partial charge in [-0.3, -0.25) is 0 Å². The van der Waals surface area contributed by atoms with Gasteiger partial charge in [-0.05, 0) is 40.2 Å². The molecule has 2 heterocycles. The summed E-state index contributed by atoms with van der Waals surface area (Å²) in [5.74, 6) is -0.395. The highest BCUT2D eigenvalue weighted by Crippen LogP contribution is 2.31. The second kappa shape index (κ2) is 9.19. The van der Waals surface area contributed by atoms with Gasteiger partial charge in [-0.1, -0.05) is 26.7 Å². The third-order valence-corrected chi connectivity index (χ3v) is 7.02. The van der Waals surface area contributed by atoms with E-state index in [1.165, 1.54) is 17.3 Å². The van der Waals surface area contributed by atoms with Gasteiger partial charge in [-0.2, -0.15) is 4.31 Å². The molecule has 0 N–H and O–H groups in total. The summed E-state index contributed by atoms with van der Waals surface area (Å²) in [6, 6.07) is 3.15. The molecule has 0 radical (unpaired) electrons. The zero-order valence-electron chi connectivity index (χ0n) is 15.1. The predicted molar refractivity (Wildman–Crippen MR) is 97.0 cm³/mol. The van der Waals surface area contributed by atoms with E-state index in [0.717, 1.165) is 41.9 Å². The van der Waals surface area contributed by atoms with E-state index in [9.17, 15) is 13.2 Å². The fourth-order valence-electron chi connectivity index (χ4n) is 2.23. The number of aromatic nitrogens is 4. The maximum absolute atomic E-state index is 13.0. The van der Waals surface area contributed by atoms with Crippen molar-refractivity contribution in [2.24, 2.45) is 0 Å². The van der Waals surface area contributed by atoms with Crippen LogP contribution in [0, 0.1) is 0 Å². The average molecular weight is 402 g/mol. The van der Waals surface area contributed by atoms with Crippen molar-refractivity contribution in [2.45, 2.75) is 50.7 Å². The molecule has 0 saturated heterocycles. The van der Waals surface area contributed by atoms with Crippen LogP contribution in [0.2, 0.25) is 0 Å². The highest BCUT2D eigenvalue weighted by molar-refractivity contribution is 7.91. The first-order valence-electron chi connectivity index (χ1n) is 8.47. The summed E-state index contributed by atoms with van der Waals surface area (Å²) in [5, 5.41) is 10.9. The topological polar surface area (TPSA) is 107 Å². The molecule has 2 rings (SSSR count). The van der Waals surface area contributed by atoms with Gasteiger partial charge in [0, 0.05) is 20.0 Å². The van der Waals surface area contributed by atoms with E-state index in [1.807, 2.05) is 13.8 Å². The van der Waals surface area contributed by atoms with Gasteiger partial charge in [0.1, 0.15) is 4.21 Å². The van der Waals surface area contributed by atoms with Gasteiger partial charge in [-0.15, -0.1) is 16.4 Å². The Morgan fingerprint density at radius 1 is 1.23 bits per heavy atom. The Morgan fingerprint density at radius 3 is 2.46 bits per heavy atom. The number of unbranched alkanes of at least 4 members (excludes halogenated alkanes) is 2. The van der Waals surface area contributed by atoms with Crippen LogP contribution in [0.15, 0.2) is 16.3 Å². The largest absolute Gasteiger partial charge is 0.332 e. The second-order valence-electron chi connectivity index (χ2n) is 5.69. The minimum Gasteiger partial charge on any atom is -0.316 e. The number of rotatable bonds is 10. The van der Waals surface area contributed by atoms with Crippen molar-refractivity contribution in [3.05, 3.63) is 12.1 Å². The molecule has 0 saturated carbocycles. The van der Waals surface area contributed by atoms with E-state index >= 15 is 0 Å². The maximum atomic E-state index is 13.0. The Labute approximate surface area is 157 Å². The second-order valence-corrected chi connectivity index (χ2v) is 8.94. The van der Waals surface area contributed by atoms with Crippen LogP contribution >= 0.6 is 11.3 Å². The van der Waals surface area contributed by atoms with E-state index in [4.69, 9.17) is 4.84 Å². The molecule has 0 aliphatic heterocycles. The molecule has 11 heteroatoms. The molecule has 0 spiro atoms. The number of carbonyl (C=O) groups excluding carboxylic acids is 1. The van der Waals surface area contributed by atoms with Crippen molar-refractivity contribution < 1.29 is 18.0 Å². The summed E-state index contributed by atoms with van der Waals surface area (Å²) in [5.41, 5.74) is 0. The number of hydrogen-bond acceptors (Lipinski definition) is 8. The van der Waals surface area contributed by atoms with Crippen LogP contribution in [0.1, 0.15) is 46.5 Å². The third kappa shape index (κ3) is 4.86. The molecule has 0 amide bonds. The molecule has 0 fully saturated rings. The Kier molecular flexibility index (Phi) is 7.23. The average Bonchev–Trinajstić information content (AvgIpc) is 3.23. The van der Waals surface area contributed by atoms with Crippen LogP contribution in [-0.2, 0) is 14.8 Å². The van der Waals surface area contributed by atoms with E-state index < -0.39 is 16.0 Å². The van der Waals surface area contributed by atoms with Gasteiger partial charge in [0.05, 0.1) is 4.88 Å². The van der Waals surface area contributed by atoms with Crippen molar-refractivity contribution in [1.82, 2.24) is 24.7 Å². The molecule has 0 bridgehead atoms. The fourth-order valence-corrected chi connectivity index (χ4v) is 5.17. The highest BCUT2D eigenvalue weighted by Gasteiger charge is 2.26. The molecule has 26 heavy (non-hydrogen) atoms. The summed E-state index contributed by atoms with van der Waals surface area (Å²) in [4.78, 5) is 17.4. The van der Waals surface area contributed by atoms with Crippen molar-refractivity contribution in [3.63, 3.8) is 0 Å². The fraction of sp³-hybridized carbons (Fsp3) is 0.600. The monoisotopic (exact) mass is 401 g/mol. The molecule has 0 atom stereocenters. The molecule has 2 aromatic rings. The molecular weight excluding hydrogens is 378 g/mol. The van der Waals surface area contributed by atoms with Gasteiger partial charge < -0.3 is 4.84 Å². The van der Waals surface area contributed by atoms with Crippen LogP contribution < -0.4 is 4.84 Å². The van der Waals surface area contributed by atoms with Gasteiger partial charge in [-0.25, -0.2) is 13.2 Å². The Balaban J connectivity index is 2.28. The predicted octanol–water partition coefficient (Wildman–Crippen LogP) is 1.97. The first kappa shape index (κ1) is 20.5. The van der Waals surface area contributed by atoms with Crippen molar-refractivity contribution >= 4 is 27.3 Å². The molecule has 2 aromatic heterocycles. The number of hydrogen-bond donors (Lipinski definition) is 0. The lowest BCUT2D eigenvalue weighted by molar-refractivity contribution is -0.143. The lowest BCUT2D eigenvalue weighted by atomic mass is 10.3. The summed E-state index contributed by atoms with van der Waals surface area (Å²) < 4.78 is 27.7. The van der Waals surface area contributed by atoms with Crippen LogP contribution in [0.3, 0.4) is 0 Å². The summed E-state index contributed by atoms with van der Waals surface area (Å²) in [7, 11) is -3.59. The molecule has 0 aliphatic carbocycles. The Bertz CT molecular complexity index is 823. The number of nitrogens with zero attached hydrogens (tertiary/aromatic N) is 5. The number of sulfonamides is 1. The van der Waals surface area contributed by atoms with Crippen molar-refractivity contribution in [2.75, 3.05) is 13.1 Å². The van der Waals surface area contributed by atoms with Gasteiger partial charge >= 0.3 is 5.97 Å². The van der Waals surface area contributed by atoms with Crippen molar-refractivity contribution in [1.29, 1.82) is 0 Å². The maximum Gasteiger partial charge on any atom is 0.332 e. The normalized spacial score (nSPS) is 11.8. The zero-order valence-corrected chi connectivity index (χ0v) is 16.7. The minimum atomic E-state index is -3.59. The van der Waals surface area contributed by atoms with E-state index in [1.54, 1.807) is 6.07 Å². The lowest BCUT2D eigenvalue weighted by Gasteiger charge is -2.20. The molecule has 0 aliphatic rings. The Morgan fingerprint density at radius 2 is 1.88 bits per heavy atom. The molecule has 0 unspecified atom stereocenters. The quantitative estimate of drug-likeness (QED) is 0.560.